The predicted molar refractivity (Wildman–Crippen MR) is 266 cm³/mol. The van der Waals surface area contributed by atoms with Crippen LogP contribution in [0.4, 0.5) is 0 Å². The summed E-state index contributed by atoms with van der Waals surface area (Å²) >= 11 is 0. The maximum absolute atomic E-state index is 9.53. The molecule has 68 heavy (non-hydrogen) atoms. The lowest BCUT2D eigenvalue weighted by atomic mass is 9.66. The van der Waals surface area contributed by atoms with Gasteiger partial charge in [0.1, 0.15) is 24.4 Å². The van der Waals surface area contributed by atoms with Crippen molar-refractivity contribution in [1.82, 2.24) is 0 Å². The van der Waals surface area contributed by atoms with Gasteiger partial charge in [-0.2, -0.15) is 0 Å². The molecule has 4 saturated heterocycles. The third kappa shape index (κ3) is 14.2. The second-order valence-corrected chi connectivity index (χ2v) is 26.3. The summed E-state index contributed by atoms with van der Waals surface area (Å²) in [4.78, 5) is 0. The molecule has 8 rings (SSSR count). The smallest absolute Gasteiger partial charge is 0.175 e. The molecule has 4 spiro atoms. The zero-order valence-electron chi connectivity index (χ0n) is 45.4. The lowest BCUT2D eigenvalue weighted by Crippen LogP contribution is -2.56. The first-order chi connectivity index (χ1) is 31.5. The topological polar surface area (TPSA) is 155 Å². The summed E-state index contributed by atoms with van der Waals surface area (Å²) in [6.07, 6.45) is 11.6. The second kappa shape index (κ2) is 22.6. The zero-order valence-corrected chi connectivity index (χ0v) is 45.4. The van der Waals surface area contributed by atoms with E-state index in [1.165, 1.54) is 25.7 Å². The molecule has 12 nitrogen and oxygen atoms in total. The Bertz CT molecular complexity index is 1550. The van der Waals surface area contributed by atoms with Crippen LogP contribution in [0.25, 0.3) is 0 Å². The Hall–Kier alpha value is -1.00. The molecular weight excluding hydrogens is 865 g/mol. The Morgan fingerprint density at radius 2 is 0.750 bits per heavy atom. The molecule has 0 radical (unpaired) electrons. The molecule has 0 aromatic carbocycles. The number of hydrogen-bond donors (Lipinski definition) is 4. The van der Waals surface area contributed by atoms with E-state index in [1.807, 2.05) is 13.8 Å². The van der Waals surface area contributed by atoms with Crippen LogP contribution in [-0.4, -0.2) is 121 Å². The minimum atomic E-state index is -0.549. The Morgan fingerprint density at radius 1 is 0.456 bits per heavy atom. The van der Waals surface area contributed by atoms with Gasteiger partial charge < -0.3 is 58.3 Å². The Morgan fingerprint density at radius 3 is 1.13 bits per heavy atom. The molecule has 0 amide bonds. The molecule has 8 aliphatic rings. The number of rotatable bonds is 6. The monoisotopic (exact) mass is 965 g/mol. The van der Waals surface area contributed by atoms with E-state index < -0.39 is 35.4 Å². The summed E-state index contributed by atoms with van der Waals surface area (Å²) in [7, 11) is 0. The summed E-state index contributed by atoms with van der Waals surface area (Å²) < 4.78 is 47.8. The maximum atomic E-state index is 9.53. The fourth-order valence-corrected chi connectivity index (χ4v) is 13.2. The van der Waals surface area contributed by atoms with E-state index >= 15 is 0 Å². The van der Waals surface area contributed by atoms with Crippen molar-refractivity contribution >= 4 is 0 Å². The zero-order chi connectivity index (χ0) is 50.7. The standard InChI is InChI=1S/C14H26O3.C14H24O3.C14H26O3.C14H24O3/c2*1-10(2)12-5-6-13(3,4)9-14(12)16-7-11(15)8-17-14;2*1-10(2)12-5-6-13(3,4)9-14(12)16-8-11(7-15)17-14/h10-12,15H,5-9H2,1-4H3;11-12,15H,1,5-9H2,2-4H3;10-12,15H,5-9H2,1-4H3;11-12,15H,1,5-9H2,2-4H3. The largest absolute Gasteiger partial charge is 0.394 e. The van der Waals surface area contributed by atoms with E-state index in [-0.39, 0.29) is 58.9 Å². The molecular formula is C56H100O12. The lowest BCUT2D eigenvalue weighted by Gasteiger charge is -2.52. The predicted octanol–water partition coefficient (Wildman–Crippen LogP) is 10.1. The van der Waals surface area contributed by atoms with E-state index in [0.717, 1.165) is 62.5 Å². The third-order valence-corrected chi connectivity index (χ3v) is 16.6. The maximum Gasteiger partial charge on any atom is 0.175 e. The first-order valence-corrected chi connectivity index (χ1v) is 26.5. The van der Waals surface area contributed by atoms with E-state index in [2.05, 4.69) is 96.2 Å². The molecule has 0 aromatic heterocycles. The summed E-state index contributed by atoms with van der Waals surface area (Å²) in [5.41, 5.74) is 3.25. The van der Waals surface area contributed by atoms with Gasteiger partial charge >= 0.3 is 0 Å². The van der Waals surface area contributed by atoms with Gasteiger partial charge in [-0.3, -0.25) is 0 Å². The van der Waals surface area contributed by atoms with Crippen molar-refractivity contribution in [3.8, 4) is 0 Å². The normalized spacial score (nSPS) is 41.4. The molecule has 4 N–H and O–H groups in total. The van der Waals surface area contributed by atoms with Gasteiger partial charge in [0.25, 0.3) is 0 Å². The fourth-order valence-electron chi connectivity index (χ4n) is 13.2. The van der Waals surface area contributed by atoms with Crippen molar-refractivity contribution < 1.29 is 58.3 Å². The van der Waals surface area contributed by atoms with Crippen LogP contribution in [-0.2, 0) is 37.9 Å². The number of ether oxygens (including phenoxy) is 8. The van der Waals surface area contributed by atoms with Crippen LogP contribution < -0.4 is 0 Å². The summed E-state index contributed by atoms with van der Waals surface area (Å²) in [6, 6.07) is 0. The summed E-state index contributed by atoms with van der Waals surface area (Å²) in [6.45, 7) is 42.0. The van der Waals surface area contributed by atoms with E-state index in [0.29, 0.717) is 63.3 Å². The van der Waals surface area contributed by atoms with Gasteiger partial charge in [0, 0.05) is 49.4 Å². The van der Waals surface area contributed by atoms with Crippen molar-refractivity contribution in [2.75, 3.05) is 52.9 Å². The minimum Gasteiger partial charge on any atom is -0.394 e. The van der Waals surface area contributed by atoms with E-state index in [4.69, 9.17) is 37.9 Å². The fraction of sp³-hybridized carbons (Fsp3) is 0.929. The summed E-state index contributed by atoms with van der Waals surface area (Å²) in [5.74, 6) is 0.543. The second-order valence-electron chi connectivity index (χ2n) is 26.3. The highest BCUT2D eigenvalue weighted by Gasteiger charge is 2.56. The molecule has 4 aliphatic heterocycles. The van der Waals surface area contributed by atoms with Gasteiger partial charge in [0.05, 0.1) is 52.9 Å². The van der Waals surface area contributed by atoms with Crippen LogP contribution in [0.3, 0.4) is 0 Å². The van der Waals surface area contributed by atoms with Crippen LogP contribution in [0.2, 0.25) is 0 Å². The van der Waals surface area contributed by atoms with Crippen LogP contribution in [0.5, 0.6) is 0 Å². The van der Waals surface area contributed by atoms with Gasteiger partial charge in [0.15, 0.2) is 23.1 Å². The van der Waals surface area contributed by atoms with Gasteiger partial charge in [-0.15, -0.1) is 0 Å². The van der Waals surface area contributed by atoms with Crippen LogP contribution >= 0.6 is 0 Å². The Labute approximate surface area is 412 Å². The quantitative estimate of drug-likeness (QED) is 0.187. The van der Waals surface area contributed by atoms with Crippen LogP contribution in [0, 0.1) is 57.2 Å². The molecule has 12 heteroatoms. The average Bonchev–Trinajstić information content (AvgIpc) is 3.82. The molecule has 8 atom stereocenters. The highest BCUT2D eigenvalue weighted by atomic mass is 16.8. The number of aliphatic hydroxyl groups excluding tert-OH is 4. The highest BCUT2D eigenvalue weighted by molar-refractivity contribution is 5.10. The van der Waals surface area contributed by atoms with Crippen molar-refractivity contribution in [2.24, 2.45) is 57.2 Å². The molecule has 0 aromatic rings. The Kier molecular flexibility index (Phi) is 19.3. The van der Waals surface area contributed by atoms with Gasteiger partial charge in [-0.25, -0.2) is 0 Å². The summed E-state index contributed by atoms with van der Waals surface area (Å²) in [5, 5.41) is 37.5. The van der Waals surface area contributed by atoms with Gasteiger partial charge in [0.2, 0.25) is 0 Å². The van der Waals surface area contributed by atoms with Gasteiger partial charge in [-0.05, 0) is 98.7 Å². The van der Waals surface area contributed by atoms with Crippen molar-refractivity contribution in [3.63, 3.8) is 0 Å². The SMILES string of the molecule is C=C(C)C1CCC(C)(C)CC12OCC(CO)O2.C=C(C)C1CCC(C)(C)CC12OCC(O)CO2.CC(C)C1CCC(C)(C)CC12OCC(CO)O2.CC(C)C1CCC(C)(C)CC12OCC(O)CO2. The van der Waals surface area contributed by atoms with Crippen LogP contribution in [0.15, 0.2) is 24.3 Å². The minimum absolute atomic E-state index is 0.0328. The van der Waals surface area contributed by atoms with Crippen molar-refractivity contribution in [2.45, 2.75) is 222 Å². The number of aliphatic hydroxyl groups is 4. The molecule has 4 aliphatic carbocycles. The number of hydrogen-bond acceptors (Lipinski definition) is 12. The molecule has 4 heterocycles. The molecule has 8 unspecified atom stereocenters. The molecule has 4 saturated carbocycles. The Balaban J connectivity index is 0.000000169. The van der Waals surface area contributed by atoms with E-state index in [9.17, 15) is 20.4 Å². The first-order valence-electron chi connectivity index (χ1n) is 26.5. The first kappa shape index (κ1) is 57.9. The lowest BCUT2D eigenvalue weighted by molar-refractivity contribution is -0.342. The van der Waals surface area contributed by atoms with E-state index in [1.54, 1.807) is 0 Å². The van der Waals surface area contributed by atoms with Gasteiger partial charge in [-0.1, -0.05) is 107 Å². The molecule has 8 fully saturated rings. The molecule has 396 valence electrons. The molecule has 0 bridgehead atoms. The van der Waals surface area contributed by atoms with Crippen LogP contribution in [0.1, 0.15) is 174 Å². The average molecular weight is 965 g/mol. The third-order valence-electron chi connectivity index (χ3n) is 16.6. The van der Waals surface area contributed by atoms with Crippen molar-refractivity contribution in [3.05, 3.63) is 24.3 Å². The highest BCUT2D eigenvalue weighted by Crippen LogP contribution is 2.54. The van der Waals surface area contributed by atoms with Crippen molar-refractivity contribution in [1.29, 1.82) is 0 Å².